The van der Waals surface area contributed by atoms with Crippen molar-refractivity contribution >= 4 is 44.0 Å². The Hall–Kier alpha value is -3.10. The fourth-order valence-electron chi connectivity index (χ4n) is 4.65. The molecule has 0 amide bonds. The Bertz CT molecular complexity index is 1350. The van der Waals surface area contributed by atoms with Gasteiger partial charge in [0.05, 0.1) is 11.7 Å². The molecule has 0 saturated heterocycles. The summed E-state index contributed by atoms with van der Waals surface area (Å²) < 4.78 is 1.10. The van der Waals surface area contributed by atoms with Gasteiger partial charge in [-0.15, -0.1) is 0 Å². The summed E-state index contributed by atoms with van der Waals surface area (Å²) in [5, 5.41) is 6.42. The van der Waals surface area contributed by atoms with Gasteiger partial charge in [0.2, 0.25) is 0 Å². The molecule has 4 aromatic rings. The second-order valence-corrected chi connectivity index (χ2v) is 8.51. The van der Waals surface area contributed by atoms with Crippen molar-refractivity contribution in [2.45, 2.75) is 6.04 Å². The summed E-state index contributed by atoms with van der Waals surface area (Å²) in [6.07, 6.45) is 4.53. The van der Waals surface area contributed by atoms with Crippen LogP contribution in [0, 0.1) is 0 Å². The van der Waals surface area contributed by atoms with Crippen LogP contribution in [0.4, 0.5) is 5.69 Å². The molecule has 0 bridgehead atoms. The highest BCUT2D eigenvalue weighted by Crippen LogP contribution is 2.48. The first-order chi connectivity index (χ1) is 14.3. The number of anilines is 1. The number of hydrogen-bond donors (Lipinski definition) is 1. The summed E-state index contributed by atoms with van der Waals surface area (Å²) in [6, 6.07) is 30.6. The van der Waals surface area contributed by atoms with E-state index in [0.29, 0.717) is 0 Å². The van der Waals surface area contributed by atoms with Crippen LogP contribution < -0.4 is 5.32 Å². The van der Waals surface area contributed by atoms with Gasteiger partial charge >= 0.3 is 0 Å². The molecule has 6 rings (SSSR count). The Morgan fingerprint density at radius 1 is 0.759 bits per heavy atom. The zero-order chi connectivity index (χ0) is 19.4. The Kier molecular flexibility index (Phi) is 3.75. The van der Waals surface area contributed by atoms with Gasteiger partial charge in [-0.25, -0.2) is 0 Å². The Morgan fingerprint density at radius 3 is 2.55 bits per heavy atom. The second-order valence-electron chi connectivity index (χ2n) is 7.59. The van der Waals surface area contributed by atoms with Crippen LogP contribution in [0.5, 0.6) is 0 Å². The van der Waals surface area contributed by atoms with Crippen molar-refractivity contribution in [2.24, 2.45) is 0 Å². The van der Waals surface area contributed by atoms with Crippen molar-refractivity contribution in [1.29, 1.82) is 0 Å². The van der Waals surface area contributed by atoms with Gasteiger partial charge in [0, 0.05) is 15.4 Å². The van der Waals surface area contributed by atoms with Gasteiger partial charge in [0.25, 0.3) is 0 Å². The van der Waals surface area contributed by atoms with E-state index in [1.54, 1.807) is 0 Å². The second kappa shape index (κ2) is 6.47. The molecule has 0 fully saturated rings. The highest BCUT2D eigenvalue weighted by Gasteiger charge is 2.31. The highest BCUT2D eigenvalue weighted by atomic mass is 79.9. The fraction of sp³-hybridized carbons (Fsp3) is 0.0370. The minimum atomic E-state index is 0.142. The van der Waals surface area contributed by atoms with Crippen molar-refractivity contribution in [3.8, 4) is 0 Å². The summed E-state index contributed by atoms with van der Waals surface area (Å²) >= 11 is 3.67. The molecule has 1 nitrogen and oxygen atoms in total. The predicted molar refractivity (Wildman–Crippen MR) is 126 cm³/mol. The maximum absolute atomic E-state index is 3.89. The number of hydrogen-bond acceptors (Lipinski definition) is 1. The molecule has 4 aromatic carbocycles. The first-order valence-corrected chi connectivity index (χ1v) is 10.6. The van der Waals surface area contributed by atoms with E-state index < -0.39 is 0 Å². The molecule has 0 spiro atoms. The summed E-state index contributed by atoms with van der Waals surface area (Å²) in [6.45, 7) is 0. The largest absolute Gasteiger partial charge is 0.373 e. The lowest BCUT2D eigenvalue weighted by Gasteiger charge is -2.35. The van der Waals surface area contributed by atoms with Gasteiger partial charge in [-0.1, -0.05) is 101 Å². The van der Waals surface area contributed by atoms with Crippen LogP contribution in [0.3, 0.4) is 0 Å². The van der Waals surface area contributed by atoms with Crippen LogP contribution in [0.15, 0.2) is 101 Å². The molecule has 2 heteroatoms. The zero-order valence-corrected chi connectivity index (χ0v) is 17.3. The van der Waals surface area contributed by atoms with Crippen LogP contribution in [0.1, 0.15) is 28.3 Å². The molecule has 2 aliphatic rings. The van der Waals surface area contributed by atoms with Crippen LogP contribution in [0.2, 0.25) is 0 Å². The van der Waals surface area contributed by atoms with Gasteiger partial charge in [-0.2, -0.15) is 0 Å². The maximum atomic E-state index is 3.89. The quantitative estimate of drug-likeness (QED) is 0.324. The SMILES string of the molecule is Brc1cccc(C2=C3C=Cc4ccccc4C3Nc3c2ccc2ccccc32)c1. The number of rotatable bonds is 1. The number of nitrogens with one attached hydrogen (secondary N) is 1. The number of fused-ring (bicyclic) bond motifs is 6. The van der Waals surface area contributed by atoms with Gasteiger partial charge in [-0.3, -0.25) is 0 Å². The summed E-state index contributed by atoms with van der Waals surface area (Å²) in [4.78, 5) is 0. The van der Waals surface area contributed by atoms with E-state index in [0.717, 1.165) is 4.47 Å². The molecule has 1 unspecified atom stereocenters. The minimum Gasteiger partial charge on any atom is -0.373 e. The zero-order valence-electron chi connectivity index (χ0n) is 15.7. The molecule has 1 aliphatic carbocycles. The monoisotopic (exact) mass is 435 g/mol. The van der Waals surface area contributed by atoms with Crippen molar-refractivity contribution in [2.75, 3.05) is 5.32 Å². The summed E-state index contributed by atoms with van der Waals surface area (Å²) in [5.74, 6) is 0. The smallest absolute Gasteiger partial charge is 0.0779 e. The van der Waals surface area contributed by atoms with Gasteiger partial charge < -0.3 is 5.32 Å². The van der Waals surface area contributed by atoms with E-state index in [4.69, 9.17) is 0 Å². The van der Waals surface area contributed by atoms with Gasteiger partial charge in [0.1, 0.15) is 0 Å². The maximum Gasteiger partial charge on any atom is 0.0779 e. The van der Waals surface area contributed by atoms with E-state index in [1.165, 1.54) is 49.9 Å². The molecule has 29 heavy (non-hydrogen) atoms. The van der Waals surface area contributed by atoms with Crippen molar-refractivity contribution in [3.05, 3.63) is 123 Å². The third-order valence-corrected chi connectivity index (χ3v) is 6.44. The van der Waals surface area contributed by atoms with E-state index in [1.807, 2.05) is 0 Å². The molecule has 0 saturated carbocycles. The van der Waals surface area contributed by atoms with Crippen LogP contribution in [-0.2, 0) is 0 Å². The van der Waals surface area contributed by atoms with E-state index in [9.17, 15) is 0 Å². The molecule has 1 N–H and O–H groups in total. The number of halogens is 1. The average molecular weight is 436 g/mol. The lowest BCUT2D eigenvalue weighted by atomic mass is 9.78. The third kappa shape index (κ3) is 2.60. The molecule has 138 valence electrons. The average Bonchev–Trinajstić information content (AvgIpc) is 2.77. The van der Waals surface area contributed by atoms with Crippen LogP contribution in [-0.4, -0.2) is 0 Å². The predicted octanol–water partition coefficient (Wildman–Crippen LogP) is 7.60. The molecule has 1 aliphatic heterocycles. The third-order valence-electron chi connectivity index (χ3n) is 5.95. The highest BCUT2D eigenvalue weighted by molar-refractivity contribution is 9.10. The standard InChI is InChI=1S/C27H18BrN/c28-20-9-5-8-19(16-20)25-23-14-12-17-6-1-3-10-21(17)26(23)29-27-22-11-4-2-7-18(22)13-15-24(25)27/h1-16,26,29H. The van der Waals surface area contributed by atoms with Gasteiger partial charge in [-0.05, 0) is 45.4 Å². The van der Waals surface area contributed by atoms with E-state index >= 15 is 0 Å². The van der Waals surface area contributed by atoms with Crippen molar-refractivity contribution in [3.63, 3.8) is 0 Å². The molecule has 0 aromatic heterocycles. The van der Waals surface area contributed by atoms with Gasteiger partial charge in [0.15, 0.2) is 0 Å². The topological polar surface area (TPSA) is 12.0 Å². The first kappa shape index (κ1) is 16.8. The summed E-state index contributed by atoms with van der Waals surface area (Å²) in [5.41, 5.74) is 8.96. The van der Waals surface area contributed by atoms with Crippen molar-refractivity contribution < 1.29 is 0 Å². The van der Waals surface area contributed by atoms with Crippen molar-refractivity contribution in [1.82, 2.24) is 0 Å². The Balaban J connectivity index is 1.71. The lowest BCUT2D eigenvalue weighted by Crippen LogP contribution is -2.22. The van der Waals surface area contributed by atoms with Crippen LogP contribution >= 0.6 is 15.9 Å². The molecular weight excluding hydrogens is 418 g/mol. The minimum absolute atomic E-state index is 0.142. The fourth-order valence-corrected chi connectivity index (χ4v) is 5.05. The number of benzene rings is 4. The van der Waals surface area contributed by atoms with Crippen LogP contribution in [0.25, 0.3) is 22.4 Å². The lowest BCUT2D eigenvalue weighted by molar-refractivity contribution is 0.920. The summed E-state index contributed by atoms with van der Waals surface area (Å²) in [7, 11) is 0. The Labute approximate surface area is 178 Å². The molecule has 1 atom stereocenters. The van der Waals surface area contributed by atoms with E-state index in [2.05, 4.69) is 118 Å². The first-order valence-electron chi connectivity index (χ1n) is 9.85. The normalized spacial score (nSPS) is 16.8. The molecule has 0 radical (unpaired) electrons. The molecular formula is C27H18BrN. The molecule has 1 heterocycles. The van der Waals surface area contributed by atoms with E-state index in [-0.39, 0.29) is 6.04 Å². The Morgan fingerprint density at radius 2 is 1.62 bits per heavy atom.